The lowest BCUT2D eigenvalue weighted by Gasteiger charge is -2.06. The van der Waals surface area contributed by atoms with Crippen molar-refractivity contribution in [1.29, 1.82) is 0 Å². The minimum absolute atomic E-state index is 0.0210. The predicted molar refractivity (Wildman–Crippen MR) is 102 cm³/mol. The highest BCUT2D eigenvalue weighted by Crippen LogP contribution is 2.19. The van der Waals surface area contributed by atoms with Crippen molar-refractivity contribution < 1.29 is 18.8 Å². The molecule has 2 N–H and O–H groups in total. The van der Waals surface area contributed by atoms with E-state index in [1.807, 2.05) is 25.3 Å². The van der Waals surface area contributed by atoms with Gasteiger partial charge in [-0.3, -0.25) is 9.59 Å². The molecule has 0 bridgehead atoms. The lowest BCUT2D eigenvalue weighted by atomic mass is 10.3. The van der Waals surface area contributed by atoms with E-state index in [1.165, 1.54) is 11.3 Å². The smallest absolute Gasteiger partial charge is 0.273 e. The van der Waals surface area contributed by atoms with Crippen molar-refractivity contribution in [2.24, 2.45) is 0 Å². The van der Waals surface area contributed by atoms with Crippen LogP contribution in [0, 0.1) is 0 Å². The molecule has 3 rings (SSSR count). The fourth-order valence-electron chi connectivity index (χ4n) is 2.21. The zero-order valence-electron chi connectivity index (χ0n) is 14.9. The van der Waals surface area contributed by atoms with E-state index in [0.717, 1.165) is 0 Å². The minimum atomic E-state index is -0.286. The van der Waals surface area contributed by atoms with Gasteiger partial charge in [-0.2, -0.15) is 0 Å². The van der Waals surface area contributed by atoms with Gasteiger partial charge in [0, 0.05) is 17.8 Å². The first-order valence-corrected chi connectivity index (χ1v) is 9.23. The summed E-state index contributed by atoms with van der Waals surface area (Å²) in [4.78, 5) is 24.5. The first-order valence-electron chi connectivity index (χ1n) is 8.35. The van der Waals surface area contributed by atoms with E-state index in [4.69, 9.17) is 9.26 Å². The molecule has 3 aromatic rings. The monoisotopic (exact) mass is 385 g/mol. The Balaban J connectivity index is 1.52. The normalized spacial score (nSPS) is 10.6. The second-order valence-corrected chi connectivity index (χ2v) is 7.00. The van der Waals surface area contributed by atoms with Crippen LogP contribution in [0.25, 0.3) is 0 Å². The summed E-state index contributed by atoms with van der Waals surface area (Å²) >= 11 is 1.38. The van der Waals surface area contributed by atoms with E-state index in [0.29, 0.717) is 22.1 Å². The minimum Gasteiger partial charge on any atom is -0.486 e. The number of carbonyl (C=O) groups excluding carboxylic acids is 2. The maximum absolute atomic E-state index is 12.0. The molecule has 0 saturated heterocycles. The summed E-state index contributed by atoms with van der Waals surface area (Å²) in [5.74, 6) is 0.617. The van der Waals surface area contributed by atoms with Gasteiger partial charge in [0.2, 0.25) is 0 Å². The fourth-order valence-corrected chi connectivity index (χ4v) is 2.83. The molecule has 0 aliphatic carbocycles. The second-order valence-electron chi connectivity index (χ2n) is 6.05. The summed E-state index contributed by atoms with van der Waals surface area (Å²) in [5.41, 5.74) is 0.891. The van der Waals surface area contributed by atoms with Crippen LogP contribution < -0.4 is 15.4 Å². The van der Waals surface area contributed by atoms with Gasteiger partial charge < -0.3 is 19.9 Å². The van der Waals surface area contributed by atoms with Gasteiger partial charge in [-0.15, -0.1) is 11.3 Å². The Morgan fingerprint density at radius 3 is 2.63 bits per heavy atom. The average molecular weight is 385 g/mol. The molecule has 2 heterocycles. The summed E-state index contributed by atoms with van der Waals surface area (Å²) in [6, 6.07) is 12.2. The van der Waals surface area contributed by atoms with Crippen molar-refractivity contribution in [3.63, 3.8) is 0 Å². The van der Waals surface area contributed by atoms with Gasteiger partial charge in [-0.1, -0.05) is 11.2 Å². The number of anilines is 1. The summed E-state index contributed by atoms with van der Waals surface area (Å²) in [7, 11) is 0. The molecule has 0 atom stereocenters. The largest absolute Gasteiger partial charge is 0.486 e. The molecular weight excluding hydrogens is 366 g/mol. The number of nitrogens with zero attached hydrogens (tertiary/aromatic N) is 1. The summed E-state index contributed by atoms with van der Waals surface area (Å²) < 4.78 is 10.7. The zero-order chi connectivity index (χ0) is 19.2. The fraction of sp³-hybridized carbons (Fsp3) is 0.211. The van der Waals surface area contributed by atoms with Gasteiger partial charge in [-0.25, -0.2) is 0 Å². The number of amides is 2. The van der Waals surface area contributed by atoms with Crippen LogP contribution in [-0.4, -0.2) is 23.0 Å². The molecule has 1 aromatic carbocycles. The van der Waals surface area contributed by atoms with Gasteiger partial charge in [0.05, 0.1) is 4.88 Å². The molecule has 7 nitrogen and oxygen atoms in total. The van der Waals surface area contributed by atoms with Gasteiger partial charge in [0.25, 0.3) is 11.8 Å². The molecule has 0 fully saturated rings. The topological polar surface area (TPSA) is 93.5 Å². The molecule has 27 heavy (non-hydrogen) atoms. The number of ether oxygens (including phenoxy) is 1. The van der Waals surface area contributed by atoms with Crippen molar-refractivity contribution >= 4 is 28.8 Å². The van der Waals surface area contributed by atoms with Crippen LogP contribution >= 0.6 is 11.3 Å². The third-order valence-electron chi connectivity index (χ3n) is 3.45. The van der Waals surface area contributed by atoms with E-state index in [2.05, 4.69) is 15.8 Å². The Morgan fingerprint density at radius 2 is 1.96 bits per heavy atom. The highest BCUT2D eigenvalue weighted by atomic mass is 32.1. The molecule has 0 unspecified atom stereocenters. The third kappa shape index (κ3) is 5.18. The van der Waals surface area contributed by atoms with Crippen LogP contribution in [0.3, 0.4) is 0 Å². The standard InChI is InChI=1S/C19H19N3O4S/c1-12(2)20-18(23)16-10-15(26-22-16)11-25-14-7-5-13(6-8-14)21-19(24)17-4-3-9-27-17/h3-10,12H,11H2,1-2H3,(H,20,23)(H,21,24). The van der Waals surface area contributed by atoms with Crippen LogP contribution in [0.2, 0.25) is 0 Å². The SMILES string of the molecule is CC(C)NC(=O)c1cc(COc2ccc(NC(=O)c3cccs3)cc2)on1. The number of thiophene rings is 1. The number of carbonyl (C=O) groups is 2. The molecule has 2 amide bonds. The molecule has 0 saturated carbocycles. The van der Waals surface area contributed by atoms with Crippen LogP contribution in [-0.2, 0) is 6.61 Å². The van der Waals surface area contributed by atoms with Crippen LogP contribution in [0.1, 0.15) is 39.8 Å². The van der Waals surface area contributed by atoms with Gasteiger partial charge in [0.1, 0.15) is 12.4 Å². The van der Waals surface area contributed by atoms with E-state index in [1.54, 1.807) is 36.4 Å². The Hall–Kier alpha value is -3.13. The third-order valence-corrected chi connectivity index (χ3v) is 4.32. The van der Waals surface area contributed by atoms with Gasteiger partial charge >= 0.3 is 0 Å². The van der Waals surface area contributed by atoms with Crippen LogP contribution in [0.4, 0.5) is 5.69 Å². The van der Waals surface area contributed by atoms with Crippen molar-refractivity contribution in [3.05, 3.63) is 64.2 Å². The second kappa shape index (κ2) is 8.50. The van der Waals surface area contributed by atoms with Crippen LogP contribution in [0.15, 0.2) is 52.4 Å². The first kappa shape index (κ1) is 18.7. The average Bonchev–Trinajstić information content (AvgIpc) is 3.32. The quantitative estimate of drug-likeness (QED) is 0.647. The van der Waals surface area contributed by atoms with Crippen molar-refractivity contribution in [3.8, 4) is 5.75 Å². The molecule has 0 radical (unpaired) electrons. The predicted octanol–water partition coefficient (Wildman–Crippen LogP) is 3.71. The molecule has 140 valence electrons. The highest BCUT2D eigenvalue weighted by molar-refractivity contribution is 7.12. The van der Waals surface area contributed by atoms with Crippen LogP contribution in [0.5, 0.6) is 5.75 Å². The number of hydrogen-bond donors (Lipinski definition) is 2. The molecular formula is C19H19N3O4S. The lowest BCUT2D eigenvalue weighted by Crippen LogP contribution is -2.30. The van der Waals surface area contributed by atoms with Crippen molar-refractivity contribution in [1.82, 2.24) is 10.5 Å². The Labute approximate surface area is 160 Å². The maximum atomic E-state index is 12.0. The van der Waals surface area contributed by atoms with E-state index in [9.17, 15) is 9.59 Å². The van der Waals surface area contributed by atoms with E-state index in [-0.39, 0.29) is 30.2 Å². The molecule has 0 spiro atoms. The summed E-state index contributed by atoms with van der Waals surface area (Å²) in [6.45, 7) is 3.88. The first-order chi connectivity index (χ1) is 13.0. The number of hydrogen-bond acceptors (Lipinski definition) is 6. The van der Waals surface area contributed by atoms with Crippen molar-refractivity contribution in [2.45, 2.75) is 26.5 Å². The van der Waals surface area contributed by atoms with Gasteiger partial charge in [-0.05, 0) is 49.6 Å². The Bertz CT molecular complexity index is 901. The van der Waals surface area contributed by atoms with Gasteiger partial charge in [0.15, 0.2) is 11.5 Å². The molecule has 8 heteroatoms. The molecule has 0 aliphatic rings. The van der Waals surface area contributed by atoms with Crippen molar-refractivity contribution in [2.75, 3.05) is 5.32 Å². The number of nitrogens with one attached hydrogen (secondary N) is 2. The Kier molecular flexibility index (Phi) is 5.87. The molecule has 0 aliphatic heterocycles. The number of benzene rings is 1. The highest BCUT2D eigenvalue weighted by Gasteiger charge is 2.13. The van der Waals surface area contributed by atoms with E-state index < -0.39 is 0 Å². The number of rotatable bonds is 7. The lowest BCUT2D eigenvalue weighted by molar-refractivity contribution is 0.0933. The Morgan fingerprint density at radius 1 is 1.19 bits per heavy atom. The summed E-state index contributed by atoms with van der Waals surface area (Å²) in [5, 5.41) is 11.2. The number of aromatic nitrogens is 1. The van der Waals surface area contributed by atoms with E-state index >= 15 is 0 Å². The zero-order valence-corrected chi connectivity index (χ0v) is 15.7. The molecule has 2 aromatic heterocycles. The summed E-state index contributed by atoms with van der Waals surface area (Å²) in [6.07, 6.45) is 0. The maximum Gasteiger partial charge on any atom is 0.273 e.